The number of hydrogen-bond donors (Lipinski definition) is 1. The SMILES string of the molecule is CCc1cnc(CCN=C(N)N2CCN(c3nccs3)CC2)s1.I. The number of halogens is 1. The van der Waals surface area contributed by atoms with Gasteiger partial charge in [-0.2, -0.15) is 0 Å². The van der Waals surface area contributed by atoms with Gasteiger partial charge in [0.15, 0.2) is 11.1 Å². The molecule has 9 heteroatoms. The number of guanidine groups is 1. The van der Waals surface area contributed by atoms with E-state index in [-0.39, 0.29) is 24.0 Å². The highest BCUT2D eigenvalue weighted by molar-refractivity contribution is 14.0. The fourth-order valence-corrected chi connectivity index (χ4v) is 4.04. The zero-order valence-corrected chi connectivity index (χ0v) is 17.7. The van der Waals surface area contributed by atoms with Crippen LogP contribution in [0.2, 0.25) is 0 Å². The highest BCUT2D eigenvalue weighted by atomic mass is 127. The Morgan fingerprint density at radius 1 is 1.29 bits per heavy atom. The Morgan fingerprint density at radius 2 is 2.08 bits per heavy atom. The van der Waals surface area contributed by atoms with Crippen LogP contribution < -0.4 is 10.6 Å². The van der Waals surface area contributed by atoms with Crippen molar-refractivity contribution < 1.29 is 0 Å². The van der Waals surface area contributed by atoms with Gasteiger partial charge in [0.1, 0.15) is 0 Å². The zero-order valence-electron chi connectivity index (χ0n) is 13.7. The number of hydrogen-bond acceptors (Lipinski definition) is 6. The number of aryl methyl sites for hydroxylation is 1. The van der Waals surface area contributed by atoms with Crippen molar-refractivity contribution in [1.82, 2.24) is 14.9 Å². The van der Waals surface area contributed by atoms with Gasteiger partial charge in [0.25, 0.3) is 0 Å². The molecule has 0 unspecified atom stereocenters. The largest absolute Gasteiger partial charge is 0.370 e. The molecule has 1 fully saturated rings. The van der Waals surface area contributed by atoms with Gasteiger partial charge in [-0.05, 0) is 6.42 Å². The smallest absolute Gasteiger partial charge is 0.191 e. The van der Waals surface area contributed by atoms with Crippen molar-refractivity contribution in [3.05, 3.63) is 27.7 Å². The molecule has 1 saturated heterocycles. The molecule has 0 saturated carbocycles. The lowest BCUT2D eigenvalue weighted by Gasteiger charge is -2.35. The number of nitrogens with two attached hydrogens (primary N) is 1. The number of anilines is 1. The summed E-state index contributed by atoms with van der Waals surface area (Å²) in [5.41, 5.74) is 6.14. The van der Waals surface area contributed by atoms with Crippen molar-refractivity contribution in [1.29, 1.82) is 0 Å². The van der Waals surface area contributed by atoms with Gasteiger partial charge in [-0.1, -0.05) is 6.92 Å². The number of nitrogens with zero attached hydrogens (tertiary/aromatic N) is 5. The van der Waals surface area contributed by atoms with Gasteiger partial charge in [0.05, 0.1) is 5.01 Å². The predicted molar refractivity (Wildman–Crippen MR) is 113 cm³/mol. The molecule has 0 amide bonds. The van der Waals surface area contributed by atoms with Gasteiger partial charge in [-0.25, -0.2) is 9.97 Å². The van der Waals surface area contributed by atoms with Crippen LogP contribution in [-0.4, -0.2) is 53.6 Å². The van der Waals surface area contributed by atoms with Gasteiger partial charge in [-0.15, -0.1) is 46.7 Å². The average Bonchev–Trinajstić information content (AvgIpc) is 3.26. The first-order chi connectivity index (χ1) is 11.3. The molecule has 0 bridgehead atoms. The molecule has 2 N–H and O–H groups in total. The van der Waals surface area contributed by atoms with E-state index in [4.69, 9.17) is 5.73 Å². The van der Waals surface area contributed by atoms with E-state index < -0.39 is 0 Å². The van der Waals surface area contributed by atoms with Gasteiger partial charge < -0.3 is 15.5 Å². The maximum atomic E-state index is 6.14. The van der Waals surface area contributed by atoms with E-state index in [1.54, 1.807) is 22.7 Å². The maximum absolute atomic E-state index is 6.14. The summed E-state index contributed by atoms with van der Waals surface area (Å²) < 4.78 is 0. The number of aliphatic imine (C=N–C) groups is 1. The minimum Gasteiger partial charge on any atom is -0.370 e. The van der Waals surface area contributed by atoms with E-state index in [2.05, 4.69) is 31.7 Å². The van der Waals surface area contributed by atoms with Gasteiger partial charge >= 0.3 is 0 Å². The molecule has 2 aromatic heterocycles. The Bertz CT molecular complexity index is 634. The average molecular weight is 478 g/mol. The summed E-state index contributed by atoms with van der Waals surface area (Å²) in [4.78, 5) is 19.1. The molecule has 0 aromatic carbocycles. The highest BCUT2D eigenvalue weighted by Crippen LogP contribution is 2.18. The second kappa shape index (κ2) is 9.52. The normalized spacial score (nSPS) is 15.5. The second-order valence-corrected chi connectivity index (χ2v) is 7.43. The van der Waals surface area contributed by atoms with E-state index >= 15 is 0 Å². The van der Waals surface area contributed by atoms with Crippen molar-refractivity contribution in [2.75, 3.05) is 37.6 Å². The summed E-state index contributed by atoms with van der Waals surface area (Å²) in [6, 6.07) is 0. The molecule has 24 heavy (non-hydrogen) atoms. The van der Waals surface area contributed by atoms with Crippen LogP contribution in [0.5, 0.6) is 0 Å². The van der Waals surface area contributed by atoms with E-state index in [9.17, 15) is 0 Å². The van der Waals surface area contributed by atoms with E-state index in [1.807, 2.05) is 17.8 Å². The minimum absolute atomic E-state index is 0. The van der Waals surface area contributed by atoms with Crippen molar-refractivity contribution in [2.24, 2.45) is 10.7 Å². The lowest BCUT2D eigenvalue weighted by atomic mass is 10.3. The second-order valence-electron chi connectivity index (χ2n) is 5.35. The molecule has 1 aliphatic rings. The van der Waals surface area contributed by atoms with Crippen LogP contribution in [0.4, 0.5) is 5.13 Å². The van der Waals surface area contributed by atoms with Gasteiger partial charge in [-0.3, -0.25) is 4.99 Å². The summed E-state index contributed by atoms with van der Waals surface area (Å²) >= 11 is 3.46. The van der Waals surface area contributed by atoms with Crippen LogP contribution in [-0.2, 0) is 12.8 Å². The molecule has 0 radical (unpaired) electrons. The summed E-state index contributed by atoms with van der Waals surface area (Å²) in [6.07, 6.45) is 5.73. The Hall–Kier alpha value is -0.940. The Morgan fingerprint density at radius 3 is 2.71 bits per heavy atom. The third-order valence-corrected chi connectivity index (χ3v) is 5.88. The fraction of sp³-hybridized carbons (Fsp3) is 0.533. The monoisotopic (exact) mass is 478 g/mol. The van der Waals surface area contributed by atoms with Gasteiger partial charge in [0, 0.05) is 61.8 Å². The molecular formula is C15H23IN6S2. The molecule has 0 spiro atoms. The fourth-order valence-electron chi connectivity index (χ4n) is 2.49. The van der Waals surface area contributed by atoms with Gasteiger partial charge in [0.2, 0.25) is 0 Å². The van der Waals surface area contributed by atoms with E-state index in [1.165, 1.54) is 4.88 Å². The molecule has 3 heterocycles. The molecule has 3 rings (SSSR count). The minimum atomic E-state index is 0. The van der Waals surface area contributed by atoms with Crippen LogP contribution in [0.1, 0.15) is 16.8 Å². The topological polar surface area (TPSA) is 70.6 Å². The number of thiazole rings is 2. The molecule has 6 nitrogen and oxygen atoms in total. The van der Waals surface area contributed by atoms with E-state index in [0.717, 1.165) is 49.2 Å². The van der Waals surface area contributed by atoms with Crippen molar-refractivity contribution >= 4 is 57.7 Å². The summed E-state index contributed by atoms with van der Waals surface area (Å²) in [5.74, 6) is 0.649. The van der Waals surface area contributed by atoms with Crippen LogP contribution >= 0.6 is 46.7 Å². The lowest BCUT2D eigenvalue weighted by molar-refractivity contribution is 0.380. The summed E-state index contributed by atoms with van der Waals surface area (Å²) in [5, 5.41) is 4.25. The van der Waals surface area contributed by atoms with Crippen molar-refractivity contribution in [3.63, 3.8) is 0 Å². The van der Waals surface area contributed by atoms with Crippen LogP contribution in [0, 0.1) is 0 Å². The molecule has 2 aromatic rings. The van der Waals surface area contributed by atoms with Crippen LogP contribution in [0.15, 0.2) is 22.8 Å². The molecule has 0 atom stereocenters. The number of piperazine rings is 1. The van der Waals surface area contributed by atoms with E-state index in [0.29, 0.717) is 12.5 Å². The Balaban J connectivity index is 0.00000208. The first kappa shape index (κ1) is 19.4. The first-order valence-electron chi connectivity index (χ1n) is 7.89. The standard InChI is InChI=1S/C15H22N6S2.HI/c1-2-12-11-19-13(23-12)3-4-17-14(16)20-6-8-21(9-7-20)15-18-5-10-22-15;/h5,10-11H,2-4,6-9H2,1H3,(H2,16,17);1H. The first-order valence-corrected chi connectivity index (χ1v) is 9.58. The Kier molecular flexibility index (Phi) is 7.69. The highest BCUT2D eigenvalue weighted by Gasteiger charge is 2.19. The maximum Gasteiger partial charge on any atom is 0.191 e. The third kappa shape index (κ3) is 5.03. The van der Waals surface area contributed by atoms with Crippen molar-refractivity contribution in [3.8, 4) is 0 Å². The lowest BCUT2D eigenvalue weighted by Crippen LogP contribution is -2.51. The summed E-state index contributed by atoms with van der Waals surface area (Å²) in [7, 11) is 0. The predicted octanol–water partition coefficient (Wildman–Crippen LogP) is 2.46. The number of aromatic nitrogens is 2. The third-order valence-electron chi connectivity index (χ3n) is 3.84. The molecular weight excluding hydrogens is 455 g/mol. The number of rotatable bonds is 5. The molecule has 132 valence electrons. The quantitative estimate of drug-likeness (QED) is 0.406. The summed E-state index contributed by atoms with van der Waals surface area (Å²) in [6.45, 7) is 6.53. The molecule has 0 aliphatic carbocycles. The zero-order chi connectivity index (χ0) is 16.1. The van der Waals surface area contributed by atoms with Crippen LogP contribution in [0.25, 0.3) is 0 Å². The molecule has 1 aliphatic heterocycles. The Labute approximate surface area is 167 Å². The van der Waals surface area contributed by atoms with Crippen molar-refractivity contribution in [2.45, 2.75) is 19.8 Å². The van der Waals surface area contributed by atoms with Crippen LogP contribution in [0.3, 0.4) is 0 Å².